The molecule has 0 aliphatic carbocycles. The molecule has 0 aromatic carbocycles. The highest BCUT2D eigenvalue weighted by Crippen LogP contribution is 1.73. The fraction of sp³-hybridized carbons (Fsp3) is 0.600. The third-order valence-corrected chi connectivity index (χ3v) is 0.702. The number of amides is 1. The van der Waals surface area contributed by atoms with Crippen molar-refractivity contribution in [1.82, 2.24) is 5.32 Å². The molecule has 4 nitrogen and oxygen atoms in total. The number of hydrogen-bond acceptors (Lipinski definition) is 3. The Bertz CT molecular complexity index is 113. The Hall–Kier alpha value is -0.900. The van der Waals surface area contributed by atoms with Gasteiger partial charge in [0.15, 0.2) is 0 Å². The highest BCUT2D eigenvalue weighted by atomic mass is 16.3. The SMILES string of the molecule is CC(=O)N[C@H]([C]=O)CO. The lowest BCUT2D eigenvalue weighted by Crippen LogP contribution is -2.36. The molecule has 0 rings (SSSR count). The Morgan fingerprint density at radius 2 is 2.44 bits per heavy atom. The predicted molar refractivity (Wildman–Crippen MR) is 30.4 cm³/mol. The first-order chi connectivity index (χ1) is 4.20. The van der Waals surface area contributed by atoms with Gasteiger partial charge < -0.3 is 10.4 Å². The van der Waals surface area contributed by atoms with Crippen LogP contribution in [0.25, 0.3) is 0 Å². The van der Waals surface area contributed by atoms with E-state index in [4.69, 9.17) is 5.11 Å². The van der Waals surface area contributed by atoms with Gasteiger partial charge >= 0.3 is 0 Å². The normalized spacial score (nSPS) is 12.2. The molecule has 0 heterocycles. The lowest BCUT2D eigenvalue weighted by Gasteiger charge is -2.04. The summed E-state index contributed by atoms with van der Waals surface area (Å²) in [7, 11) is 0. The van der Waals surface area contributed by atoms with E-state index in [-0.39, 0.29) is 5.91 Å². The van der Waals surface area contributed by atoms with E-state index in [0.29, 0.717) is 0 Å². The molecule has 1 amide bonds. The highest BCUT2D eigenvalue weighted by molar-refractivity contribution is 5.77. The smallest absolute Gasteiger partial charge is 0.225 e. The van der Waals surface area contributed by atoms with Crippen LogP contribution in [0, 0.1) is 0 Å². The molecule has 0 aliphatic rings. The molecule has 0 fully saturated rings. The van der Waals surface area contributed by atoms with Crippen molar-refractivity contribution >= 4 is 12.2 Å². The third-order valence-electron chi connectivity index (χ3n) is 0.702. The molecule has 0 spiro atoms. The Kier molecular flexibility index (Phi) is 3.62. The zero-order valence-electron chi connectivity index (χ0n) is 5.05. The molecule has 0 bridgehead atoms. The van der Waals surface area contributed by atoms with Crippen molar-refractivity contribution < 1.29 is 14.7 Å². The number of nitrogens with one attached hydrogen (secondary N) is 1. The van der Waals surface area contributed by atoms with Crippen LogP contribution in [0.2, 0.25) is 0 Å². The number of rotatable bonds is 3. The summed E-state index contributed by atoms with van der Waals surface area (Å²) in [5.41, 5.74) is 0. The van der Waals surface area contributed by atoms with Crippen molar-refractivity contribution in [3.63, 3.8) is 0 Å². The maximum Gasteiger partial charge on any atom is 0.225 e. The molecule has 2 N–H and O–H groups in total. The minimum Gasteiger partial charge on any atom is -0.394 e. The van der Waals surface area contributed by atoms with Gasteiger partial charge in [0.25, 0.3) is 0 Å². The fourth-order valence-corrected chi connectivity index (χ4v) is 0.358. The van der Waals surface area contributed by atoms with Gasteiger partial charge in [0.05, 0.1) is 6.61 Å². The van der Waals surface area contributed by atoms with Gasteiger partial charge in [0.1, 0.15) is 6.04 Å². The van der Waals surface area contributed by atoms with Gasteiger partial charge in [-0.1, -0.05) is 0 Å². The summed E-state index contributed by atoms with van der Waals surface area (Å²) in [4.78, 5) is 19.9. The van der Waals surface area contributed by atoms with Crippen LogP contribution in [0.1, 0.15) is 6.92 Å². The Balaban J connectivity index is 3.55. The topological polar surface area (TPSA) is 66.4 Å². The van der Waals surface area contributed by atoms with Crippen LogP contribution < -0.4 is 5.32 Å². The van der Waals surface area contributed by atoms with Crippen molar-refractivity contribution in [2.45, 2.75) is 13.0 Å². The second kappa shape index (κ2) is 4.03. The first-order valence-corrected chi connectivity index (χ1v) is 2.46. The predicted octanol–water partition coefficient (Wildman–Crippen LogP) is -1.41. The van der Waals surface area contributed by atoms with E-state index in [9.17, 15) is 9.59 Å². The molecule has 9 heavy (non-hydrogen) atoms. The Morgan fingerprint density at radius 3 is 2.56 bits per heavy atom. The van der Waals surface area contributed by atoms with Crippen LogP contribution in [-0.2, 0) is 9.59 Å². The summed E-state index contributed by atoms with van der Waals surface area (Å²) in [6.45, 7) is 0.864. The van der Waals surface area contributed by atoms with Crippen molar-refractivity contribution in [3.8, 4) is 0 Å². The van der Waals surface area contributed by atoms with E-state index in [0.717, 1.165) is 0 Å². The van der Waals surface area contributed by atoms with Crippen molar-refractivity contribution in [3.05, 3.63) is 0 Å². The first-order valence-electron chi connectivity index (χ1n) is 2.46. The summed E-state index contributed by atoms with van der Waals surface area (Å²) < 4.78 is 0. The third kappa shape index (κ3) is 3.66. The van der Waals surface area contributed by atoms with Gasteiger partial charge in [0.2, 0.25) is 12.2 Å². The minimum absolute atomic E-state index is 0.350. The van der Waals surface area contributed by atoms with Crippen LogP contribution in [0.4, 0.5) is 0 Å². The molecule has 0 saturated carbocycles. The van der Waals surface area contributed by atoms with Crippen LogP contribution >= 0.6 is 0 Å². The van der Waals surface area contributed by atoms with Crippen LogP contribution in [0.3, 0.4) is 0 Å². The standard InChI is InChI=1S/C5H8NO3/c1-4(9)6-5(2-7)3-8/h5,7H,2H2,1H3,(H,6,9)/t5-/m0/s1. The van der Waals surface area contributed by atoms with E-state index in [1.165, 1.54) is 13.2 Å². The molecule has 0 aromatic heterocycles. The Morgan fingerprint density at radius 1 is 1.89 bits per heavy atom. The zero-order valence-corrected chi connectivity index (χ0v) is 5.05. The van der Waals surface area contributed by atoms with Crippen LogP contribution in [-0.4, -0.2) is 29.9 Å². The number of carbonyl (C=O) groups excluding carboxylic acids is 2. The molecule has 1 radical (unpaired) electrons. The van der Waals surface area contributed by atoms with E-state index in [2.05, 4.69) is 5.32 Å². The minimum atomic E-state index is -0.873. The summed E-state index contributed by atoms with van der Waals surface area (Å²) in [5.74, 6) is -0.350. The number of hydrogen-bond donors (Lipinski definition) is 2. The van der Waals surface area contributed by atoms with Gasteiger partial charge in [-0.05, 0) is 0 Å². The number of carbonyl (C=O) groups is 1. The van der Waals surface area contributed by atoms with Gasteiger partial charge in [-0.2, -0.15) is 0 Å². The average Bonchev–Trinajstić information content (AvgIpc) is 1.82. The van der Waals surface area contributed by atoms with Crippen molar-refractivity contribution in [2.24, 2.45) is 0 Å². The quantitative estimate of drug-likeness (QED) is 0.493. The second-order valence-electron chi connectivity index (χ2n) is 1.55. The van der Waals surface area contributed by atoms with Gasteiger partial charge in [-0.25, -0.2) is 0 Å². The highest BCUT2D eigenvalue weighted by Gasteiger charge is 2.05. The summed E-state index contributed by atoms with van der Waals surface area (Å²) in [6, 6.07) is -0.873. The summed E-state index contributed by atoms with van der Waals surface area (Å²) >= 11 is 0. The van der Waals surface area contributed by atoms with Crippen molar-refractivity contribution in [1.29, 1.82) is 0 Å². The molecule has 0 saturated heterocycles. The van der Waals surface area contributed by atoms with E-state index >= 15 is 0 Å². The maximum atomic E-state index is 10.2. The zero-order chi connectivity index (χ0) is 7.28. The van der Waals surface area contributed by atoms with E-state index in [1.807, 2.05) is 0 Å². The van der Waals surface area contributed by atoms with E-state index in [1.54, 1.807) is 0 Å². The lowest BCUT2D eigenvalue weighted by molar-refractivity contribution is -0.119. The fourth-order valence-electron chi connectivity index (χ4n) is 0.358. The average molecular weight is 130 g/mol. The molecule has 4 heteroatoms. The van der Waals surface area contributed by atoms with Crippen LogP contribution in [0.15, 0.2) is 0 Å². The molecular weight excluding hydrogens is 122 g/mol. The summed E-state index contributed by atoms with van der Waals surface area (Å²) in [5, 5.41) is 10.5. The van der Waals surface area contributed by atoms with Crippen molar-refractivity contribution in [2.75, 3.05) is 6.61 Å². The van der Waals surface area contributed by atoms with Crippen LogP contribution in [0.5, 0.6) is 0 Å². The van der Waals surface area contributed by atoms with Gasteiger partial charge in [0, 0.05) is 6.92 Å². The number of aliphatic hydroxyl groups is 1. The lowest BCUT2D eigenvalue weighted by atomic mass is 10.3. The summed E-state index contributed by atoms with van der Waals surface area (Å²) in [6.07, 6.45) is 1.45. The molecular formula is C5H8NO3. The molecule has 0 aromatic rings. The first kappa shape index (κ1) is 8.10. The van der Waals surface area contributed by atoms with E-state index < -0.39 is 12.6 Å². The largest absolute Gasteiger partial charge is 0.394 e. The Labute approximate surface area is 52.9 Å². The molecule has 0 aliphatic heterocycles. The maximum absolute atomic E-state index is 10.2. The molecule has 1 atom stereocenters. The molecule has 0 unspecified atom stereocenters. The monoisotopic (exact) mass is 130 g/mol. The van der Waals surface area contributed by atoms with Gasteiger partial charge in [-0.15, -0.1) is 0 Å². The van der Waals surface area contributed by atoms with Gasteiger partial charge in [-0.3, -0.25) is 9.59 Å². The number of aliphatic hydroxyl groups excluding tert-OH is 1. The second-order valence-corrected chi connectivity index (χ2v) is 1.55. The molecule has 51 valence electrons.